The number of unbranched alkanes of at least 4 members (excludes halogenated alkanes) is 1. The Labute approximate surface area is 106 Å². The monoisotopic (exact) mass is 260 g/mol. The minimum atomic E-state index is -2.76. The molecule has 0 fully saturated rings. The van der Waals surface area contributed by atoms with Crippen molar-refractivity contribution >= 4 is 8.80 Å². The predicted molar refractivity (Wildman–Crippen MR) is 69.5 cm³/mol. The lowest BCUT2D eigenvalue weighted by Crippen LogP contribution is -2.45. The average Bonchev–Trinajstić information content (AvgIpc) is 2.30. The Bertz CT molecular complexity index is 217. The SMILES string of the molecule is CCO[Si](C#CCCCOC)(OCC)OCC. The smallest absolute Gasteiger partial charge is 0.385 e. The fraction of sp³-hybridized carbons (Fsp3) is 0.833. The first-order valence-electron chi connectivity index (χ1n) is 6.15. The molecular formula is C12H24O4Si. The van der Waals surface area contributed by atoms with Crippen molar-refractivity contribution in [2.24, 2.45) is 0 Å². The normalized spacial score (nSPS) is 11.1. The molecule has 4 nitrogen and oxygen atoms in total. The van der Waals surface area contributed by atoms with Crippen LogP contribution < -0.4 is 0 Å². The fourth-order valence-corrected chi connectivity index (χ4v) is 3.23. The van der Waals surface area contributed by atoms with Gasteiger partial charge >= 0.3 is 8.80 Å². The minimum Gasteiger partial charge on any atom is -0.385 e. The Kier molecular flexibility index (Phi) is 10.5. The predicted octanol–water partition coefficient (Wildman–Crippen LogP) is 2.00. The van der Waals surface area contributed by atoms with Gasteiger partial charge in [-0.25, -0.2) is 0 Å². The van der Waals surface area contributed by atoms with Gasteiger partial charge < -0.3 is 18.0 Å². The Balaban J connectivity index is 4.40. The molecule has 0 aromatic rings. The lowest BCUT2D eigenvalue weighted by Gasteiger charge is -2.22. The lowest BCUT2D eigenvalue weighted by molar-refractivity contribution is 0.0870. The molecule has 0 spiro atoms. The quantitative estimate of drug-likeness (QED) is 0.361. The van der Waals surface area contributed by atoms with Crippen molar-refractivity contribution in [2.75, 3.05) is 33.5 Å². The fourth-order valence-electron chi connectivity index (χ4n) is 1.28. The number of ether oxygens (including phenoxy) is 1. The molecule has 0 radical (unpaired) electrons. The molecule has 0 bridgehead atoms. The van der Waals surface area contributed by atoms with Crippen LogP contribution in [0.3, 0.4) is 0 Å². The topological polar surface area (TPSA) is 36.9 Å². The Hall–Kier alpha value is -0.383. The first kappa shape index (κ1) is 16.6. The first-order valence-corrected chi connectivity index (χ1v) is 7.87. The molecule has 0 aromatic carbocycles. The molecule has 0 saturated heterocycles. The zero-order chi connectivity index (χ0) is 13.0. The van der Waals surface area contributed by atoms with Gasteiger partial charge in [-0.2, -0.15) is 0 Å². The lowest BCUT2D eigenvalue weighted by atomic mass is 10.3. The van der Waals surface area contributed by atoms with Crippen LogP contribution in [0.4, 0.5) is 0 Å². The summed E-state index contributed by atoms with van der Waals surface area (Å²) in [4.78, 5) is 0. The molecule has 0 amide bonds. The molecule has 0 aliphatic rings. The average molecular weight is 260 g/mol. The van der Waals surface area contributed by atoms with Crippen LogP contribution in [0.5, 0.6) is 0 Å². The summed E-state index contributed by atoms with van der Waals surface area (Å²) >= 11 is 0. The van der Waals surface area contributed by atoms with Gasteiger partial charge in [-0.05, 0) is 32.7 Å². The second-order valence-corrected chi connectivity index (χ2v) is 5.48. The van der Waals surface area contributed by atoms with Gasteiger partial charge in [-0.3, -0.25) is 0 Å². The van der Waals surface area contributed by atoms with Gasteiger partial charge in [0.1, 0.15) is 0 Å². The molecular weight excluding hydrogens is 236 g/mol. The molecule has 100 valence electrons. The van der Waals surface area contributed by atoms with Crippen molar-refractivity contribution in [3.05, 3.63) is 0 Å². The summed E-state index contributed by atoms with van der Waals surface area (Å²) in [5.41, 5.74) is 3.06. The van der Waals surface area contributed by atoms with Gasteiger partial charge in [-0.1, -0.05) is 0 Å². The van der Waals surface area contributed by atoms with Crippen LogP contribution in [-0.2, 0) is 18.0 Å². The molecule has 0 unspecified atom stereocenters. The summed E-state index contributed by atoms with van der Waals surface area (Å²) in [7, 11) is -1.07. The third-order valence-electron chi connectivity index (χ3n) is 1.89. The molecule has 0 N–H and O–H groups in total. The molecule has 0 aliphatic carbocycles. The standard InChI is InChI=1S/C12H24O4Si/c1-5-14-17(15-6-2,16-7-3)12-10-8-9-11-13-4/h5-9,11H2,1-4H3. The van der Waals surface area contributed by atoms with E-state index in [0.29, 0.717) is 19.8 Å². The van der Waals surface area contributed by atoms with E-state index < -0.39 is 8.80 Å². The van der Waals surface area contributed by atoms with Gasteiger partial charge in [0.25, 0.3) is 0 Å². The largest absolute Gasteiger partial charge is 0.591 e. The summed E-state index contributed by atoms with van der Waals surface area (Å²) in [6.07, 6.45) is 1.69. The van der Waals surface area contributed by atoms with Crippen LogP contribution in [-0.4, -0.2) is 42.3 Å². The highest BCUT2D eigenvalue weighted by Crippen LogP contribution is 2.08. The number of hydrogen-bond donors (Lipinski definition) is 0. The van der Waals surface area contributed by atoms with Crippen LogP contribution in [0.1, 0.15) is 33.6 Å². The minimum absolute atomic E-state index is 0.555. The van der Waals surface area contributed by atoms with E-state index in [9.17, 15) is 0 Å². The molecule has 0 rings (SSSR count). The number of methoxy groups -OCH3 is 1. The van der Waals surface area contributed by atoms with Crippen LogP contribution in [0.15, 0.2) is 0 Å². The van der Waals surface area contributed by atoms with E-state index in [1.807, 2.05) is 20.8 Å². The summed E-state index contributed by atoms with van der Waals surface area (Å²) in [5.74, 6) is 3.07. The van der Waals surface area contributed by atoms with E-state index in [2.05, 4.69) is 11.5 Å². The van der Waals surface area contributed by atoms with Crippen molar-refractivity contribution in [1.82, 2.24) is 0 Å². The van der Waals surface area contributed by atoms with Gasteiger partial charge in [0.15, 0.2) is 0 Å². The van der Waals surface area contributed by atoms with Gasteiger partial charge in [-0.15, -0.1) is 5.92 Å². The van der Waals surface area contributed by atoms with Crippen molar-refractivity contribution in [3.8, 4) is 11.5 Å². The highest BCUT2D eigenvalue weighted by atomic mass is 28.4. The van der Waals surface area contributed by atoms with E-state index in [1.54, 1.807) is 7.11 Å². The van der Waals surface area contributed by atoms with Gasteiger partial charge in [0.05, 0.1) is 0 Å². The third-order valence-corrected chi connectivity index (χ3v) is 4.38. The van der Waals surface area contributed by atoms with Gasteiger partial charge in [0, 0.05) is 40.0 Å². The third kappa shape index (κ3) is 7.52. The van der Waals surface area contributed by atoms with Crippen molar-refractivity contribution < 1.29 is 18.0 Å². The maximum absolute atomic E-state index is 5.61. The van der Waals surface area contributed by atoms with Crippen molar-refractivity contribution in [1.29, 1.82) is 0 Å². The highest BCUT2D eigenvalue weighted by Gasteiger charge is 2.39. The van der Waals surface area contributed by atoms with Crippen molar-refractivity contribution in [2.45, 2.75) is 33.6 Å². The Morgan fingerprint density at radius 1 is 0.941 bits per heavy atom. The molecule has 0 saturated carbocycles. The summed E-state index contributed by atoms with van der Waals surface area (Å²) in [5, 5.41) is 0. The molecule has 0 heterocycles. The van der Waals surface area contributed by atoms with Crippen LogP contribution in [0, 0.1) is 11.5 Å². The molecule has 0 atom stereocenters. The van der Waals surface area contributed by atoms with E-state index in [-0.39, 0.29) is 0 Å². The summed E-state index contributed by atoms with van der Waals surface area (Å²) in [6, 6.07) is 0. The molecule has 17 heavy (non-hydrogen) atoms. The van der Waals surface area contributed by atoms with Crippen LogP contribution in [0.25, 0.3) is 0 Å². The molecule has 0 aromatic heterocycles. The second kappa shape index (κ2) is 10.8. The molecule has 0 aliphatic heterocycles. The maximum Gasteiger partial charge on any atom is 0.591 e. The zero-order valence-corrected chi connectivity index (χ0v) is 12.4. The number of rotatable bonds is 9. The van der Waals surface area contributed by atoms with E-state index in [1.165, 1.54) is 0 Å². The molecule has 5 heteroatoms. The number of hydrogen-bond acceptors (Lipinski definition) is 4. The summed E-state index contributed by atoms with van der Waals surface area (Å²) < 4.78 is 21.8. The maximum atomic E-state index is 5.61. The van der Waals surface area contributed by atoms with E-state index >= 15 is 0 Å². The Morgan fingerprint density at radius 2 is 1.47 bits per heavy atom. The van der Waals surface area contributed by atoms with Gasteiger partial charge in [0.2, 0.25) is 0 Å². The first-order chi connectivity index (χ1) is 8.24. The highest BCUT2D eigenvalue weighted by molar-refractivity contribution is 6.69. The summed E-state index contributed by atoms with van der Waals surface area (Å²) in [6.45, 7) is 8.16. The van der Waals surface area contributed by atoms with E-state index in [4.69, 9.17) is 18.0 Å². The van der Waals surface area contributed by atoms with E-state index in [0.717, 1.165) is 19.4 Å². The van der Waals surface area contributed by atoms with Crippen LogP contribution >= 0.6 is 0 Å². The van der Waals surface area contributed by atoms with Crippen molar-refractivity contribution in [3.63, 3.8) is 0 Å². The Morgan fingerprint density at radius 3 is 1.88 bits per heavy atom. The second-order valence-electron chi connectivity index (χ2n) is 3.25. The van der Waals surface area contributed by atoms with Crippen LogP contribution in [0.2, 0.25) is 0 Å². The zero-order valence-electron chi connectivity index (χ0n) is 11.4.